The second-order valence-electron chi connectivity index (χ2n) is 6.74. The fraction of sp³-hybridized carbons (Fsp3) is 0.0952. The molecule has 0 bridgehead atoms. The van der Waals surface area contributed by atoms with Crippen LogP contribution in [0.5, 0.6) is 0 Å². The number of nitrogens with zero attached hydrogens (tertiary/aromatic N) is 3. The zero-order valence-corrected chi connectivity index (χ0v) is 16.8. The number of benzene rings is 2. The summed E-state index contributed by atoms with van der Waals surface area (Å²) < 4.78 is 40.4. The summed E-state index contributed by atoms with van der Waals surface area (Å²) in [6, 6.07) is 8.96. The maximum atomic E-state index is 12.9. The Morgan fingerprint density at radius 1 is 1.03 bits per heavy atom. The van der Waals surface area contributed by atoms with E-state index in [1.807, 2.05) is 7.05 Å². The van der Waals surface area contributed by atoms with E-state index in [1.54, 1.807) is 47.5 Å². The monoisotopic (exact) mass is 445 g/mol. The fourth-order valence-corrected chi connectivity index (χ4v) is 3.27. The third kappa shape index (κ3) is 4.31. The molecular weight excluding hydrogens is 431 g/mol. The topological polar surface area (TPSA) is 71.8 Å². The van der Waals surface area contributed by atoms with Crippen molar-refractivity contribution in [3.05, 3.63) is 71.6 Å². The van der Waals surface area contributed by atoms with Crippen molar-refractivity contribution < 1.29 is 18.0 Å². The minimum absolute atomic E-state index is 0.00411. The number of alkyl halides is 3. The van der Waals surface area contributed by atoms with Crippen LogP contribution in [-0.2, 0) is 13.2 Å². The third-order valence-corrected chi connectivity index (χ3v) is 5.00. The molecule has 0 saturated heterocycles. The molecule has 6 nitrogen and oxygen atoms in total. The largest absolute Gasteiger partial charge is 0.416 e. The highest BCUT2D eigenvalue weighted by Gasteiger charge is 2.31. The zero-order valence-electron chi connectivity index (χ0n) is 16.0. The molecule has 0 radical (unpaired) electrons. The van der Waals surface area contributed by atoms with Crippen LogP contribution < -0.4 is 10.6 Å². The number of carbonyl (C=O) groups is 1. The van der Waals surface area contributed by atoms with E-state index in [4.69, 9.17) is 11.6 Å². The van der Waals surface area contributed by atoms with Crippen molar-refractivity contribution in [1.82, 2.24) is 14.8 Å². The van der Waals surface area contributed by atoms with Crippen molar-refractivity contribution in [2.24, 2.45) is 7.05 Å². The molecule has 2 aromatic heterocycles. The van der Waals surface area contributed by atoms with Gasteiger partial charge in [-0.1, -0.05) is 23.7 Å². The number of hydrogen-bond donors (Lipinski definition) is 2. The molecular formula is C21H15ClF3N5O. The maximum absolute atomic E-state index is 12.9. The van der Waals surface area contributed by atoms with E-state index in [0.29, 0.717) is 5.69 Å². The molecule has 0 atom stereocenters. The minimum Gasteiger partial charge on any atom is -0.308 e. The Kier molecular flexibility index (Phi) is 5.28. The number of amides is 2. The molecule has 158 valence electrons. The summed E-state index contributed by atoms with van der Waals surface area (Å²) in [6.45, 7) is 0. The van der Waals surface area contributed by atoms with Gasteiger partial charge in [0, 0.05) is 29.9 Å². The van der Waals surface area contributed by atoms with Crippen molar-refractivity contribution >= 4 is 39.9 Å². The molecule has 2 heterocycles. The Morgan fingerprint density at radius 2 is 1.77 bits per heavy atom. The Morgan fingerprint density at radius 3 is 2.48 bits per heavy atom. The van der Waals surface area contributed by atoms with Crippen molar-refractivity contribution in [3.63, 3.8) is 0 Å². The van der Waals surface area contributed by atoms with E-state index < -0.39 is 17.8 Å². The number of fused-ring (bicyclic) bond motifs is 1. The number of urea groups is 1. The van der Waals surface area contributed by atoms with Crippen LogP contribution in [0.25, 0.3) is 22.0 Å². The lowest BCUT2D eigenvalue weighted by molar-refractivity contribution is -0.137. The normalized spacial score (nSPS) is 11.5. The van der Waals surface area contributed by atoms with Gasteiger partial charge in [0.15, 0.2) is 0 Å². The van der Waals surface area contributed by atoms with Crippen LogP contribution in [0.4, 0.5) is 29.3 Å². The maximum Gasteiger partial charge on any atom is 0.416 e. The van der Waals surface area contributed by atoms with Gasteiger partial charge in [-0.3, -0.25) is 9.67 Å². The molecule has 0 unspecified atom stereocenters. The average Bonchev–Trinajstić information content (AvgIpc) is 3.10. The second-order valence-corrected chi connectivity index (χ2v) is 7.14. The van der Waals surface area contributed by atoms with E-state index >= 15 is 0 Å². The summed E-state index contributed by atoms with van der Waals surface area (Å²) in [5.41, 5.74) is 2.05. The van der Waals surface area contributed by atoms with Gasteiger partial charge in [-0.25, -0.2) is 4.79 Å². The standard InChI is InChI=1S/C21H15ClF3N5O/c1-30-19-11-26-9-15(16(19)10-27-30)12-2-5-14(6-3-12)28-20(31)29-18-8-13(21(23,24)25)4-7-17(18)22/h2-11H,1H3,(H2,28,29,31). The Hall–Kier alpha value is -3.59. The van der Waals surface area contributed by atoms with Crippen molar-refractivity contribution in [2.75, 3.05) is 10.6 Å². The highest BCUT2D eigenvalue weighted by Crippen LogP contribution is 2.34. The van der Waals surface area contributed by atoms with Gasteiger partial charge in [0.2, 0.25) is 0 Å². The van der Waals surface area contributed by atoms with Gasteiger partial charge >= 0.3 is 12.2 Å². The zero-order chi connectivity index (χ0) is 22.2. The van der Waals surface area contributed by atoms with E-state index in [2.05, 4.69) is 20.7 Å². The Labute approximate surface area is 179 Å². The van der Waals surface area contributed by atoms with E-state index in [-0.39, 0.29) is 10.7 Å². The summed E-state index contributed by atoms with van der Waals surface area (Å²) in [4.78, 5) is 16.5. The second kappa shape index (κ2) is 7.92. The van der Waals surface area contributed by atoms with Crippen LogP contribution in [-0.4, -0.2) is 20.8 Å². The lowest BCUT2D eigenvalue weighted by atomic mass is 10.0. The molecule has 10 heteroatoms. The van der Waals surface area contributed by atoms with E-state index in [9.17, 15) is 18.0 Å². The number of halogens is 4. The number of aryl methyl sites for hydroxylation is 1. The number of carbonyl (C=O) groups excluding carboxylic acids is 1. The quantitative estimate of drug-likeness (QED) is 0.409. The predicted molar refractivity (Wildman–Crippen MR) is 113 cm³/mol. The van der Waals surface area contributed by atoms with Crippen molar-refractivity contribution in [3.8, 4) is 11.1 Å². The summed E-state index contributed by atoms with van der Waals surface area (Å²) in [6.07, 6.45) is 0.671. The molecule has 0 aliphatic rings. The molecule has 31 heavy (non-hydrogen) atoms. The van der Waals surface area contributed by atoms with E-state index in [0.717, 1.165) is 40.2 Å². The number of pyridine rings is 1. The van der Waals surface area contributed by atoms with Gasteiger partial charge in [-0.2, -0.15) is 18.3 Å². The SMILES string of the molecule is Cn1ncc2c(-c3ccc(NC(=O)Nc4cc(C(F)(F)F)ccc4Cl)cc3)cncc21. The summed E-state index contributed by atoms with van der Waals surface area (Å²) in [7, 11) is 1.83. The summed E-state index contributed by atoms with van der Waals surface area (Å²) in [5.74, 6) is 0. The highest BCUT2D eigenvalue weighted by atomic mass is 35.5. The summed E-state index contributed by atoms with van der Waals surface area (Å²) >= 11 is 5.91. The number of anilines is 2. The number of rotatable bonds is 3. The molecule has 4 aromatic rings. The van der Waals surface area contributed by atoms with Gasteiger partial charge in [0.25, 0.3) is 0 Å². The highest BCUT2D eigenvalue weighted by molar-refractivity contribution is 6.33. The molecule has 2 amide bonds. The van der Waals surface area contributed by atoms with Gasteiger partial charge in [-0.05, 0) is 35.9 Å². The molecule has 0 fully saturated rings. The lowest BCUT2D eigenvalue weighted by Gasteiger charge is -2.12. The molecule has 0 saturated carbocycles. The smallest absolute Gasteiger partial charge is 0.308 e. The first-order chi connectivity index (χ1) is 14.7. The van der Waals surface area contributed by atoms with Crippen LogP contribution >= 0.6 is 11.6 Å². The van der Waals surface area contributed by atoms with Crippen molar-refractivity contribution in [2.45, 2.75) is 6.18 Å². The number of aromatic nitrogens is 3. The minimum atomic E-state index is -4.54. The first-order valence-electron chi connectivity index (χ1n) is 9.03. The van der Waals surface area contributed by atoms with Crippen LogP contribution in [0.1, 0.15) is 5.56 Å². The van der Waals surface area contributed by atoms with Gasteiger partial charge in [0.05, 0.1) is 34.2 Å². The van der Waals surface area contributed by atoms with Gasteiger partial charge in [0.1, 0.15) is 0 Å². The molecule has 2 N–H and O–H groups in total. The molecule has 2 aromatic carbocycles. The van der Waals surface area contributed by atoms with Gasteiger partial charge in [-0.15, -0.1) is 0 Å². The fourth-order valence-electron chi connectivity index (χ4n) is 3.10. The molecule has 0 aliphatic carbocycles. The van der Waals surface area contributed by atoms with Crippen molar-refractivity contribution in [1.29, 1.82) is 0 Å². The summed E-state index contributed by atoms with van der Waals surface area (Å²) in [5, 5.41) is 10.1. The Balaban J connectivity index is 1.50. The molecule has 4 rings (SSSR count). The van der Waals surface area contributed by atoms with Crippen LogP contribution in [0, 0.1) is 0 Å². The van der Waals surface area contributed by atoms with Gasteiger partial charge < -0.3 is 10.6 Å². The van der Waals surface area contributed by atoms with Crippen LogP contribution in [0.3, 0.4) is 0 Å². The predicted octanol–water partition coefficient (Wildman–Crippen LogP) is 5.95. The first kappa shape index (κ1) is 20.7. The first-order valence-corrected chi connectivity index (χ1v) is 9.41. The third-order valence-electron chi connectivity index (χ3n) is 4.67. The number of hydrogen-bond acceptors (Lipinski definition) is 3. The molecule has 0 spiro atoms. The van der Waals surface area contributed by atoms with E-state index in [1.165, 1.54) is 0 Å². The Bertz CT molecular complexity index is 1270. The molecule has 0 aliphatic heterocycles. The van der Waals surface area contributed by atoms with Crippen LogP contribution in [0.2, 0.25) is 5.02 Å². The average molecular weight is 446 g/mol. The number of nitrogens with one attached hydrogen (secondary N) is 2. The lowest BCUT2D eigenvalue weighted by Crippen LogP contribution is -2.20. The van der Waals surface area contributed by atoms with Crippen LogP contribution in [0.15, 0.2) is 61.1 Å².